The maximum Gasteiger partial charge on any atom is 0.179 e. The molecule has 0 saturated heterocycles. The zero-order valence-electron chi connectivity index (χ0n) is 12.2. The standard InChI is InChI=1S/C16H17ClN2O3/c1-10-3-2-4-15(19-10)18-9-13(20)11-7-12(17)16-14(8-11)21-5-6-22-16/h2-4,7-8,13,20H,5-6,9H2,1H3,(H,18,19). The van der Waals surface area contributed by atoms with Crippen molar-refractivity contribution in [1.82, 2.24) is 4.98 Å². The summed E-state index contributed by atoms with van der Waals surface area (Å²) in [6, 6.07) is 9.15. The van der Waals surface area contributed by atoms with Crippen LogP contribution in [0.4, 0.5) is 5.82 Å². The van der Waals surface area contributed by atoms with Gasteiger partial charge >= 0.3 is 0 Å². The monoisotopic (exact) mass is 320 g/mol. The predicted molar refractivity (Wildman–Crippen MR) is 84.9 cm³/mol. The van der Waals surface area contributed by atoms with Crippen LogP contribution in [0.5, 0.6) is 11.5 Å². The molecule has 6 heteroatoms. The number of aromatic nitrogens is 1. The lowest BCUT2D eigenvalue weighted by molar-refractivity contribution is 0.167. The summed E-state index contributed by atoms with van der Waals surface area (Å²) >= 11 is 6.18. The first-order valence-electron chi connectivity index (χ1n) is 7.08. The topological polar surface area (TPSA) is 63.6 Å². The van der Waals surface area contributed by atoms with Crippen molar-refractivity contribution in [3.05, 3.63) is 46.6 Å². The second-order valence-electron chi connectivity index (χ2n) is 5.09. The van der Waals surface area contributed by atoms with E-state index in [2.05, 4.69) is 10.3 Å². The third kappa shape index (κ3) is 3.26. The van der Waals surface area contributed by atoms with Crippen molar-refractivity contribution in [1.29, 1.82) is 0 Å². The molecule has 2 N–H and O–H groups in total. The molecule has 1 unspecified atom stereocenters. The number of rotatable bonds is 4. The molecule has 2 heterocycles. The van der Waals surface area contributed by atoms with Crippen LogP contribution in [0.1, 0.15) is 17.4 Å². The summed E-state index contributed by atoms with van der Waals surface area (Å²) in [5.74, 6) is 1.83. The number of anilines is 1. The Morgan fingerprint density at radius 1 is 1.32 bits per heavy atom. The normalized spacial score (nSPS) is 14.5. The average Bonchev–Trinajstić information content (AvgIpc) is 2.52. The van der Waals surface area contributed by atoms with E-state index in [0.29, 0.717) is 41.8 Å². The lowest BCUT2D eigenvalue weighted by Crippen LogP contribution is -2.17. The van der Waals surface area contributed by atoms with Gasteiger partial charge in [-0.05, 0) is 36.8 Å². The molecule has 1 aliphatic rings. The SMILES string of the molecule is Cc1cccc(NCC(O)c2cc(Cl)c3c(c2)OCCO3)n1. The van der Waals surface area contributed by atoms with Gasteiger partial charge in [0.1, 0.15) is 19.0 Å². The molecule has 3 rings (SSSR count). The van der Waals surface area contributed by atoms with E-state index >= 15 is 0 Å². The smallest absolute Gasteiger partial charge is 0.179 e. The molecule has 0 spiro atoms. The van der Waals surface area contributed by atoms with Gasteiger partial charge in [-0.25, -0.2) is 4.98 Å². The molecular formula is C16H17ClN2O3. The number of nitrogens with one attached hydrogen (secondary N) is 1. The molecule has 1 atom stereocenters. The minimum atomic E-state index is -0.726. The average molecular weight is 321 g/mol. The molecule has 1 aromatic heterocycles. The summed E-state index contributed by atoms with van der Waals surface area (Å²) in [5, 5.41) is 13.9. The van der Waals surface area contributed by atoms with E-state index < -0.39 is 6.10 Å². The fourth-order valence-corrected chi connectivity index (χ4v) is 2.56. The van der Waals surface area contributed by atoms with Gasteiger partial charge in [-0.2, -0.15) is 0 Å². The zero-order chi connectivity index (χ0) is 15.5. The van der Waals surface area contributed by atoms with Crippen LogP contribution in [-0.4, -0.2) is 29.8 Å². The van der Waals surface area contributed by atoms with E-state index in [1.54, 1.807) is 12.1 Å². The summed E-state index contributed by atoms with van der Waals surface area (Å²) in [4.78, 5) is 4.33. The second-order valence-corrected chi connectivity index (χ2v) is 5.50. The van der Waals surface area contributed by atoms with Gasteiger partial charge in [0.25, 0.3) is 0 Å². The van der Waals surface area contributed by atoms with E-state index in [4.69, 9.17) is 21.1 Å². The van der Waals surface area contributed by atoms with Gasteiger partial charge in [0.15, 0.2) is 11.5 Å². The van der Waals surface area contributed by atoms with E-state index in [-0.39, 0.29) is 0 Å². The molecule has 5 nitrogen and oxygen atoms in total. The third-order valence-corrected chi connectivity index (χ3v) is 3.65. The minimum absolute atomic E-state index is 0.326. The molecule has 1 aliphatic heterocycles. The summed E-state index contributed by atoms with van der Waals surface area (Å²) < 4.78 is 11.0. The van der Waals surface area contributed by atoms with Crippen molar-refractivity contribution >= 4 is 17.4 Å². The molecule has 0 bridgehead atoms. The number of benzene rings is 1. The maximum atomic E-state index is 10.3. The molecule has 2 aromatic rings. The van der Waals surface area contributed by atoms with Crippen LogP contribution >= 0.6 is 11.6 Å². The summed E-state index contributed by atoms with van der Waals surface area (Å²) in [7, 11) is 0. The van der Waals surface area contributed by atoms with Crippen LogP contribution in [0.15, 0.2) is 30.3 Å². The minimum Gasteiger partial charge on any atom is -0.486 e. The van der Waals surface area contributed by atoms with Crippen molar-refractivity contribution in [3.8, 4) is 11.5 Å². The van der Waals surface area contributed by atoms with E-state index in [1.165, 1.54) is 0 Å². The third-order valence-electron chi connectivity index (χ3n) is 3.37. The van der Waals surface area contributed by atoms with Crippen molar-refractivity contribution in [2.24, 2.45) is 0 Å². The number of hydrogen-bond acceptors (Lipinski definition) is 5. The summed E-state index contributed by atoms with van der Waals surface area (Å²) in [5.41, 5.74) is 1.59. The van der Waals surface area contributed by atoms with Crippen molar-refractivity contribution in [2.45, 2.75) is 13.0 Å². The highest BCUT2D eigenvalue weighted by atomic mass is 35.5. The first-order chi connectivity index (χ1) is 10.6. The number of hydrogen-bond donors (Lipinski definition) is 2. The molecular weight excluding hydrogens is 304 g/mol. The number of fused-ring (bicyclic) bond motifs is 1. The molecule has 0 aliphatic carbocycles. The van der Waals surface area contributed by atoms with Gasteiger partial charge in [-0.3, -0.25) is 0 Å². The van der Waals surface area contributed by atoms with E-state index in [9.17, 15) is 5.11 Å². The van der Waals surface area contributed by atoms with Gasteiger partial charge in [0, 0.05) is 12.2 Å². The van der Waals surface area contributed by atoms with Crippen molar-refractivity contribution < 1.29 is 14.6 Å². The van der Waals surface area contributed by atoms with Gasteiger partial charge in [0.2, 0.25) is 0 Å². The lowest BCUT2D eigenvalue weighted by Gasteiger charge is -2.21. The highest BCUT2D eigenvalue weighted by molar-refractivity contribution is 6.32. The number of aryl methyl sites for hydroxylation is 1. The second kappa shape index (κ2) is 6.42. The number of aliphatic hydroxyl groups is 1. The number of pyridine rings is 1. The maximum absolute atomic E-state index is 10.3. The van der Waals surface area contributed by atoms with Crippen LogP contribution < -0.4 is 14.8 Å². The Hall–Kier alpha value is -1.98. The fraction of sp³-hybridized carbons (Fsp3) is 0.312. The molecule has 116 valence electrons. The van der Waals surface area contributed by atoms with E-state index in [1.807, 2.05) is 25.1 Å². The predicted octanol–water partition coefficient (Wildman–Crippen LogP) is 2.96. The molecule has 22 heavy (non-hydrogen) atoms. The van der Waals surface area contributed by atoms with Crippen LogP contribution in [0.25, 0.3) is 0 Å². The Kier molecular flexibility index (Phi) is 4.36. The quantitative estimate of drug-likeness (QED) is 0.907. The zero-order valence-corrected chi connectivity index (χ0v) is 12.9. The van der Waals surface area contributed by atoms with Gasteiger partial charge < -0.3 is 19.9 Å². The Bertz CT molecular complexity index is 678. The Morgan fingerprint density at radius 3 is 2.95 bits per heavy atom. The Balaban J connectivity index is 1.72. The van der Waals surface area contributed by atoms with Gasteiger partial charge in [0.05, 0.1) is 11.1 Å². The molecule has 0 radical (unpaired) electrons. The molecule has 0 saturated carbocycles. The number of aliphatic hydroxyl groups excluding tert-OH is 1. The molecule has 0 amide bonds. The summed E-state index contributed by atoms with van der Waals surface area (Å²) in [6.07, 6.45) is -0.726. The molecule has 0 fully saturated rings. The first-order valence-corrected chi connectivity index (χ1v) is 7.46. The van der Waals surface area contributed by atoms with Crippen LogP contribution in [0.3, 0.4) is 0 Å². The number of halogens is 1. The fourth-order valence-electron chi connectivity index (χ4n) is 2.28. The molecule has 1 aromatic carbocycles. The van der Waals surface area contributed by atoms with Crippen LogP contribution in [0, 0.1) is 6.92 Å². The number of ether oxygens (including phenoxy) is 2. The summed E-state index contributed by atoms with van der Waals surface area (Å²) in [6.45, 7) is 3.21. The Labute approximate surface area is 133 Å². The largest absolute Gasteiger partial charge is 0.486 e. The van der Waals surface area contributed by atoms with Crippen LogP contribution in [0.2, 0.25) is 5.02 Å². The van der Waals surface area contributed by atoms with Gasteiger partial charge in [-0.15, -0.1) is 0 Å². The lowest BCUT2D eigenvalue weighted by atomic mass is 10.1. The highest BCUT2D eigenvalue weighted by Gasteiger charge is 2.19. The first kappa shape index (κ1) is 14.9. The number of nitrogens with zero attached hydrogens (tertiary/aromatic N) is 1. The van der Waals surface area contributed by atoms with Crippen molar-refractivity contribution in [2.75, 3.05) is 25.1 Å². The Morgan fingerprint density at radius 2 is 2.14 bits per heavy atom. The van der Waals surface area contributed by atoms with Gasteiger partial charge in [-0.1, -0.05) is 17.7 Å². The van der Waals surface area contributed by atoms with Crippen LogP contribution in [-0.2, 0) is 0 Å². The van der Waals surface area contributed by atoms with E-state index in [0.717, 1.165) is 11.5 Å². The highest BCUT2D eigenvalue weighted by Crippen LogP contribution is 2.39. The van der Waals surface area contributed by atoms with Crippen molar-refractivity contribution in [3.63, 3.8) is 0 Å².